The zero-order valence-corrected chi connectivity index (χ0v) is 22.1. The van der Waals surface area contributed by atoms with Gasteiger partial charge in [0.15, 0.2) is 0 Å². The van der Waals surface area contributed by atoms with Crippen LogP contribution >= 0.6 is 0 Å². The number of primary amides is 1. The highest BCUT2D eigenvalue weighted by atomic mass is 16.5. The fraction of sp³-hybridized carbons (Fsp3) is 0.433. The summed E-state index contributed by atoms with van der Waals surface area (Å²) in [5, 5.41) is 4.70. The molecule has 0 radical (unpaired) electrons. The maximum Gasteiger partial charge on any atom is 0.319 e. The van der Waals surface area contributed by atoms with Gasteiger partial charge in [0, 0.05) is 34.8 Å². The van der Waals surface area contributed by atoms with Gasteiger partial charge in [-0.15, -0.1) is 0 Å². The average molecular weight is 517 g/mol. The lowest BCUT2D eigenvalue weighted by molar-refractivity contribution is -0.148. The number of nitrogens with one attached hydrogen (secondary N) is 1. The molecule has 0 unspecified atom stereocenters. The Bertz CT molecular complexity index is 1400. The molecule has 0 atom stereocenters. The van der Waals surface area contributed by atoms with Crippen LogP contribution in [0, 0.1) is 5.41 Å². The molecule has 3 aromatic rings. The fourth-order valence-electron chi connectivity index (χ4n) is 6.06. The molecule has 200 valence electrons. The summed E-state index contributed by atoms with van der Waals surface area (Å²) in [5.74, 6) is -0.644. The number of hydrogen-bond acceptors (Lipinski definition) is 6. The Kier molecular flexibility index (Phi) is 7.01. The zero-order chi connectivity index (χ0) is 27.0. The lowest BCUT2D eigenvalue weighted by Gasteiger charge is -2.31. The fourth-order valence-corrected chi connectivity index (χ4v) is 6.06. The number of carbonyl (C=O) groups is 3. The third kappa shape index (κ3) is 5.18. The maximum absolute atomic E-state index is 13.2. The van der Waals surface area contributed by atoms with Crippen molar-refractivity contribution in [2.75, 3.05) is 11.9 Å². The van der Waals surface area contributed by atoms with Crippen molar-refractivity contribution in [1.82, 2.24) is 4.57 Å². The van der Waals surface area contributed by atoms with Gasteiger partial charge in [-0.2, -0.15) is 0 Å². The second-order valence-corrected chi connectivity index (χ2v) is 11.4. The first-order valence-corrected chi connectivity index (χ1v) is 13.4. The number of rotatable bonds is 7. The van der Waals surface area contributed by atoms with Gasteiger partial charge in [0.2, 0.25) is 11.8 Å². The summed E-state index contributed by atoms with van der Waals surface area (Å²) in [6.45, 7) is 4.17. The molecule has 38 heavy (non-hydrogen) atoms. The lowest BCUT2D eigenvalue weighted by atomic mass is 9.80. The number of nitrogens with two attached hydrogens (primary N) is 2. The maximum atomic E-state index is 13.2. The van der Waals surface area contributed by atoms with Crippen LogP contribution in [0.15, 0.2) is 42.5 Å². The van der Waals surface area contributed by atoms with Crippen LogP contribution in [0.4, 0.5) is 5.69 Å². The van der Waals surface area contributed by atoms with Crippen molar-refractivity contribution >= 4 is 34.4 Å². The third-order valence-electron chi connectivity index (χ3n) is 7.76. The standard InChI is InChI=1S/C30H36N4O4/c1-30(2)15-25-29(22-5-3-4-6-24(22)34(25)27(36)16-30)19-8-7-18(14-26(32)35)23(13-19)33-20-9-11-21(12-10-20)38-28(37)17-31/h3-8,13,20-21,33H,9-12,14-17,31H2,1-2H3,(H2,32,35). The minimum Gasteiger partial charge on any atom is -0.461 e. The van der Waals surface area contributed by atoms with Gasteiger partial charge in [-0.1, -0.05) is 44.2 Å². The number of hydrogen-bond donors (Lipinski definition) is 3. The highest BCUT2D eigenvalue weighted by Gasteiger charge is 2.35. The number of esters is 1. The number of nitrogens with zero attached hydrogens (tertiary/aromatic N) is 1. The first-order chi connectivity index (χ1) is 18.1. The molecule has 5 rings (SSSR count). The van der Waals surface area contributed by atoms with Gasteiger partial charge >= 0.3 is 5.97 Å². The smallest absolute Gasteiger partial charge is 0.319 e. The van der Waals surface area contributed by atoms with E-state index in [0.717, 1.165) is 71.1 Å². The van der Waals surface area contributed by atoms with Crippen LogP contribution in [-0.4, -0.2) is 41.0 Å². The van der Waals surface area contributed by atoms with Crippen molar-refractivity contribution in [3.05, 3.63) is 53.7 Å². The molecule has 0 bridgehead atoms. The molecule has 1 amide bonds. The molecule has 1 saturated carbocycles. The summed E-state index contributed by atoms with van der Waals surface area (Å²) >= 11 is 0. The Balaban J connectivity index is 1.51. The molecule has 2 heterocycles. The van der Waals surface area contributed by atoms with Crippen LogP contribution in [0.5, 0.6) is 0 Å². The van der Waals surface area contributed by atoms with Gasteiger partial charge in [-0.25, -0.2) is 0 Å². The van der Waals surface area contributed by atoms with E-state index in [9.17, 15) is 14.4 Å². The second kappa shape index (κ2) is 10.3. The molecule has 8 heteroatoms. The monoisotopic (exact) mass is 516 g/mol. The van der Waals surface area contributed by atoms with E-state index in [1.165, 1.54) is 0 Å². The second-order valence-electron chi connectivity index (χ2n) is 11.4. The SMILES string of the molecule is CC1(C)CC(=O)n2c(c(-c3ccc(CC(N)=O)c(NC4CCC(OC(=O)CN)CC4)c3)c3ccccc32)C1. The van der Waals surface area contributed by atoms with E-state index in [0.29, 0.717) is 6.42 Å². The Morgan fingerprint density at radius 2 is 1.82 bits per heavy atom. The largest absolute Gasteiger partial charge is 0.461 e. The van der Waals surface area contributed by atoms with E-state index in [-0.39, 0.29) is 42.4 Å². The number of fused-ring (bicyclic) bond motifs is 3. The Morgan fingerprint density at radius 1 is 1.08 bits per heavy atom. The lowest BCUT2D eigenvalue weighted by Crippen LogP contribution is -2.33. The van der Waals surface area contributed by atoms with Gasteiger partial charge in [0.1, 0.15) is 6.10 Å². The topological polar surface area (TPSA) is 129 Å². The summed E-state index contributed by atoms with van der Waals surface area (Å²) in [6, 6.07) is 14.3. The number of aromatic nitrogens is 1. The molecule has 1 aliphatic heterocycles. The normalized spacial score (nSPS) is 20.7. The number of benzene rings is 2. The quantitative estimate of drug-likeness (QED) is 0.404. The average Bonchev–Trinajstić information content (AvgIpc) is 3.19. The molecule has 1 aliphatic carbocycles. The number of para-hydroxylation sites is 1. The summed E-state index contributed by atoms with van der Waals surface area (Å²) in [6.07, 6.45) is 4.48. The summed E-state index contributed by atoms with van der Waals surface area (Å²) < 4.78 is 7.31. The van der Waals surface area contributed by atoms with Gasteiger partial charge in [-0.05, 0) is 60.8 Å². The Hall–Kier alpha value is -3.65. The van der Waals surface area contributed by atoms with E-state index in [1.807, 2.05) is 34.9 Å². The molecule has 2 aromatic carbocycles. The van der Waals surface area contributed by atoms with Crippen LogP contribution < -0.4 is 16.8 Å². The molecular weight excluding hydrogens is 480 g/mol. The molecule has 0 spiro atoms. The van der Waals surface area contributed by atoms with E-state index in [4.69, 9.17) is 16.2 Å². The van der Waals surface area contributed by atoms with Gasteiger partial charge < -0.3 is 21.5 Å². The molecule has 2 aliphatic rings. The number of anilines is 1. The van der Waals surface area contributed by atoms with Crippen LogP contribution in [0.1, 0.15) is 62.0 Å². The van der Waals surface area contributed by atoms with Crippen molar-refractivity contribution in [2.24, 2.45) is 16.9 Å². The molecule has 8 nitrogen and oxygen atoms in total. The van der Waals surface area contributed by atoms with Crippen molar-refractivity contribution in [3.8, 4) is 11.1 Å². The van der Waals surface area contributed by atoms with E-state index in [1.54, 1.807) is 0 Å². The Morgan fingerprint density at radius 3 is 2.53 bits per heavy atom. The summed E-state index contributed by atoms with van der Waals surface area (Å²) in [4.78, 5) is 36.7. The van der Waals surface area contributed by atoms with Gasteiger partial charge in [0.25, 0.3) is 0 Å². The zero-order valence-electron chi connectivity index (χ0n) is 22.1. The molecule has 5 N–H and O–H groups in total. The highest BCUT2D eigenvalue weighted by Crippen LogP contribution is 2.43. The minimum atomic E-state index is -0.391. The molecule has 1 fully saturated rings. The van der Waals surface area contributed by atoms with Crippen LogP contribution in [0.2, 0.25) is 0 Å². The van der Waals surface area contributed by atoms with Crippen LogP contribution in [0.3, 0.4) is 0 Å². The number of amides is 1. The van der Waals surface area contributed by atoms with E-state index in [2.05, 4.69) is 31.3 Å². The van der Waals surface area contributed by atoms with Crippen LogP contribution in [0.25, 0.3) is 22.0 Å². The van der Waals surface area contributed by atoms with Crippen molar-refractivity contribution in [1.29, 1.82) is 0 Å². The third-order valence-corrected chi connectivity index (χ3v) is 7.76. The Labute approximate surface area is 222 Å². The van der Waals surface area contributed by atoms with Gasteiger partial charge in [0.05, 0.1) is 18.5 Å². The first-order valence-electron chi connectivity index (χ1n) is 13.4. The van der Waals surface area contributed by atoms with Crippen molar-refractivity contribution < 1.29 is 19.1 Å². The van der Waals surface area contributed by atoms with E-state index >= 15 is 0 Å². The van der Waals surface area contributed by atoms with Crippen LogP contribution in [-0.2, 0) is 27.2 Å². The van der Waals surface area contributed by atoms with Crippen molar-refractivity contribution in [2.45, 2.75) is 70.9 Å². The molecular formula is C30H36N4O4. The minimum absolute atomic E-state index is 0.109. The number of ether oxygens (including phenoxy) is 1. The first kappa shape index (κ1) is 26.0. The van der Waals surface area contributed by atoms with Crippen molar-refractivity contribution in [3.63, 3.8) is 0 Å². The van der Waals surface area contributed by atoms with Gasteiger partial charge in [-0.3, -0.25) is 19.0 Å². The number of carbonyl (C=O) groups excluding carboxylic acids is 3. The summed E-state index contributed by atoms with van der Waals surface area (Å²) in [7, 11) is 0. The molecule has 1 aromatic heterocycles. The molecule has 0 saturated heterocycles. The highest BCUT2D eigenvalue weighted by molar-refractivity contribution is 6.05. The van der Waals surface area contributed by atoms with E-state index < -0.39 is 5.91 Å². The predicted molar refractivity (Wildman–Crippen MR) is 148 cm³/mol. The predicted octanol–water partition coefficient (Wildman–Crippen LogP) is 4.17. The summed E-state index contributed by atoms with van der Waals surface area (Å²) in [5.41, 5.74) is 16.6.